The van der Waals surface area contributed by atoms with Crippen molar-refractivity contribution < 1.29 is 18.3 Å². The van der Waals surface area contributed by atoms with Gasteiger partial charge in [0.15, 0.2) is 0 Å². The molecule has 0 aromatic carbocycles. The van der Waals surface area contributed by atoms with Gasteiger partial charge in [0.2, 0.25) is 0 Å². The number of alkyl halides is 3. The summed E-state index contributed by atoms with van der Waals surface area (Å²) in [5.74, 6) is -0.294. The lowest BCUT2D eigenvalue weighted by Gasteiger charge is -2.07. The molecule has 0 unspecified atom stereocenters. The predicted octanol–water partition coefficient (Wildman–Crippen LogP) is 1.17. The lowest BCUT2D eigenvalue weighted by Crippen LogP contribution is -2.10. The quantitative estimate of drug-likeness (QED) is 0.702. The zero-order valence-corrected chi connectivity index (χ0v) is 6.47. The van der Waals surface area contributed by atoms with Crippen LogP contribution in [0.2, 0.25) is 0 Å². The number of aliphatic hydroxyl groups excluding tert-OH is 1. The number of rotatable bonds is 1. The minimum Gasteiger partial charge on any atom is -0.392 e. The summed E-state index contributed by atoms with van der Waals surface area (Å²) in [5, 5.41) is 8.61. The number of hydrogen-bond donors (Lipinski definition) is 2. The number of nitrogens with zero attached hydrogens (tertiary/aromatic N) is 1. The van der Waals surface area contributed by atoms with E-state index in [1.165, 1.54) is 0 Å². The van der Waals surface area contributed by atoms with Crippen molar-refractivity contribution in [1.82, 2.24) is 4.98 Å². The average molecular weight is 192 g/mol. The Morgan fingerprint density at radius 3 is 2.38 bits per heavy atom. The van der Waals surface area contributed by atoms with Gasteiger partial charge in [-0.3, -0.25) is 0 Å². The van der Waals surface area contributed by atoms with Gasteiger partial charge in [-0.1, -0.05) is 6.07 Å². The van der Waals surface area contributed by atoms with Gasteiger partial charge in [-0.25, -0.2) is 4.98 Å². The fourth-order valence-electron chi connectivity index (χ4n) is 0.795. The van der Waals surface area contributed by atoms with Crippen molar-refractivity contribution in [2.75, 3.05) is 5.73 Å². The first kappa shape index (κ1) is 9.79. The minimum absolute atomic E-state index is 0.188. The van der Waals surface area contributed by atoms with Gasteiger partial charge in [0, 0.05) is 5.56 Å². The molecule has 0 saturated carbocycles. The van der Waals surface area contributed by atoms with Crippen molar-refractivity contribution >= 4 is 5.82 Å². The molecule has 1 heterocycles. The summed E-state index contributed by atoms with van der Waals surface area (Å²) in [6, 6.07) is 1.88. The number of halogens is 3. The van der Waals surface area contributed by atoms with Gasteiger partial charge < -0.3 is 10.8 Å². The molecule has 1 aromatic heterocycles. The molecular formula is C7H7F3N2O. The second kappa shape index (κ2) is 3.21. The van der Waals surface area contributed by atoms with Crippen molar-refractivity contribution in [2.24, 2.45) is 0 Å². The summed E-state index contributed by atoms with van der Waals surface area (Å²) in [7, 11) is 0. The lowest BCUT2D eigenvalue weighted by molar-refractivity contribution is -0.141. The van der Waals surface area contributed by atoms with Crippen LogP contribution in [0.15, 0.2) is 12.1 Å². The molecule has 13 heavy (non-hydrogen) atoms. The molecule has 1 rings (SSSR count). The third kappa shape index (κ3) is 2.09. The zero-order chi connectivity index (χ0) is 10.1. The first-order chi connectivity index (χ1) is 5.95. The summed E-state index contributed by atoms with van der Waals surface area (Å²) in [6.45, 7) is -0.420. The molecule has 0 atom stereocenters. The van der Waals surface area contributed by atoms with E-state index >= 15 is 0 Å². The number of aliphatic hydroxyl groups is 1. The van der Waals surface area contributed by atoms with Crippen LogP contribution in [0.4, 0.5) is 19.0 Å². The third-order valence-corrected chi connectivity index (χ3v) is 1.47. The summed E-state index contributed by atoms with van der Waals surface area (Å²) >= 11 is 0. The van der Waals surface area contributed by atoms with Crippen LogP contribution in [0.3, 0.4) is 0 Å². The van der Waals surface area contributed by atoms with Crippen molar-refractivity contribution in [3.05, 3.63) is 23.4 Å². The van der Waals surface area contributed by atoms with E-state index < -0.39 is 18.5 Å². The molecule has 0 spiro atoms. The highest BCUT2D eigenvalue weighted by Crippen LogP contribution is 2.28. The Bertz CT molecular complexity index is 311. The monoisotopic (exact) mass is 192 g/mol. The highest BCUT2D eigenvalue weighted by atomic mass is 19.4. The molecule has 0 radical (unpaired) electrons. The summed E-state index contributed by atoms with van der Waals surface area (Å²) in [4.78, 5) is 3.11. The van der Waals surface area contributed by atoms with Crippen molar-refractivity contribution in [2.45, 2.75) is 12.8 Å². The van der Waals surface area contributed by atoms with Crippen molar-refractivity contribution in [1.29, 1.82) is 0 Å². The molecule has 0 aliphatic carbocycles. The van der Waals surface area contributed by atoms with Crippen molar-refractivity contribution in [3.63, 3.8) is 0 Å². The van der Waals surface area contributed by atoms with Crippen LogP contribution in [-0.4, -0.2) is 10.1 Å². The van der Waals surface area contributed by atoms with Gasteiger partial charge in [-0.2, -0.15) is 13.2 Å². The Labute approximate surface area is 72.0 Å². The highest BCUT2D eigenvalue weighted by Gasteiger charge is 2.32. The van der Waals surface area contributed by atoms with Gasteiger partial charge >= 0.3 is 6.18 Å². The average Bonchev–Trinajstić information content (AvgIpc) is 2.02. The Kier molecular flexibility index (Phi) is 2.42. The fourth-order valence-corrected chi connectivity index (χ4v) is 0.795. The fraction of sp³-hybridized carbons (Fsp3) is 0.286. The van der Waals surface area contributed by atoms with Gasteiger partial charge in [-0.05, 0) is 6.07 Å². The maximum absolute atomic E-state index is 12.0. The summed E-state index contributed by atoms with van der Waals surface area (Å²) in [5.41, 5.74) is 4.29. The largest absolute Gasteiger partial charge is 0.433 e. The normalized spacial score (nSPS) is 11.7. The van der Waals surface area contributed by atoms with Gasteiger partial charge in [0.1, 0.15) is 11.5 Å². The van der Waals surface area contributed by atoms with Crippen molar-refractivity contribution in [3.8, 4) is 0 Å². The number of pyridine rings is 1. The molecule has 0 aliphatic heterocycles. The number of anilines is 1. The maximum atomic E-state index is 12.0. The molecule has 3 nitrogen and oxygen atoms in total. The van der Waals surface area contributed by atoms with E-state index in [-0.39, 0.29) is 11.4 Å². The molecule has 0 bridgehead atoms. The Morgan fingerprint density at radius 1 is 1.38 bits per heavy atom. The van der Waals surface area contributed by atoms with Crippen LogP contribution in [0.25, 0.3) is 0 Å². The number of hydrogen-bond acceptors (Lipinski definition) is 3. The Morgan fingerprint density at radius 2 is 2.00 bits per heavy atom. The van der Waals surface area contributed by atoms with E-state index in [9.17, 15) is 13.2 Å². The maximum Gasteiger partial charge on any atom is 0.433 e. The predicted molar refractivity (Wildman–Crippen MR) is 39.6 cm³/mol. The molecule has 0 saturated heterocycles. The van der Waals surface area contributed by atoms with Crippen LogP contribution in [0.1, 0.15) is 11.3 Å². The molecule has 3 N–H and O–H groups in total. The van der Waals surface area contributed by atoms with Crippen LogP contribution >= 0.6 is 0 Å². The van der Waals surface area contributed by atoms with E-state index in [4.69, 9.17) is 10.8 Å². The second-order valence-corrected chi connectivity index (χ2v) is 2.40. The first-order valence-corrected chi connectivity index (χ1v) is 3.38. The summed E-state index contributed by atoms with van der Waals surface area (Å²) < 4.78 is 36.1. The van der Waals surface area contributed by atoms with E-state index in [1.54, 1.807) is 0 Å². The molecule has 0 amide bonds. The van der Waals surface area contributed by atoms with Crippen LogP contribution in [0.5, 0.6) is 0 Å². The first-order valence-electron chi connectivity index (χ1n) is 3.38. The molecule has 1 aromatic rings. The molecular weight excluding hydrogens is 185 g/mol. The van der Waals surface area contributed by atoms with E-state index in [0.29, 0.717) is 0 Å². The highest BCUT2D eigenvalue weighted by molar-refractivity contribution is 5.40. The minimum atomic E-state index is -4.50. The summed E-state index contributed by atoms with van der Waals surface area (Å²) in [6.07, 6.45) is -4.50. The molecule has 72 valence electrons. The number of nitrogens with two attached hydrogens (primary N) is 1. The van der Waals surface area contributed by atoms with Crippen LogP contribution in [0, 0.1) is 0 Å². The lowest BCUT2D eigenvalue weighted by atomic mass is 10.2. The van der Waals surface area contributed by atoms with E-state index in [2.05, 4.69) is 4.98 Å². The Hall–Kier alpha value is -1.30. The molecule has 0 aliphatic rings. The van der Waals surface area contributed by atoms with E-state index in [0.717, 1.165) is 12.1 Å². The third-order valence-electron chi connectivity index (χ3n) is 1.47. The second-order valence-electron chi connectivity index (χ2n) is 2.40. The standard InChI is InChI=1S/C7H7F3N2O/c8-7(9,10)5-2-1-4(3-13)6(11)12-5/h1-2,13H,3H2,(H2,11,12). The van der Waals surface area contributed by atoms with Crippen LogP contribution in [-0.2, 0) is 12.8 Å². The van der Waals surface area contributed by atoms with Gasteiger partial charge in [0.25, 0.3) is 0 Å². The smallest absolute Gasteiger partial charge is 0.392 e. The topological polar surface area (TPSA) is 59.1 Å². The Balaban J connectivity index is 3.10. The molecule has 6 heteroatoms. The number of nitrogen functional groups attached to an aromatic ring is 1. The molecule has 0 fully saturated rings. The zero-order valence-electron chi connectivity index (χ0n) is 6.47. The van der Waals surface area contributed by atoms with Crippen LogP contribution < -0.4 is 5.73 Å². The number of aromatic nitrogens is 1. The SMILES string of the molecule is Nc1nc(C(F)(F)F)ccc1CO. The van der Waals surface area contributed by atoms with Gasteiger partial charge in [-0.15, -0.1) is 0 Å². The van der Waals surface area contributed by atoms with E-state index in [1.807, 2.05) is 0 Å². The van der Waals surface area contributed by atoms with Gasteiger partial charge in [0.05, 0.1) is 6.61 Å².